The summed E-state index contributed by atoms with van der Waals surface area (Å²) in [6.45, 7) is 4.41. The summed E-state index contributed by atoms with van der Waals surface area (Å²) in [6.07, 6.45) is 1.98. The molecule has 2 aromatic carbocycles. The van der Waals surface area contributed by atoms with Gasteiger partial charge in [-0.2, -0.15) is 9.50 Å². The fraction of sp³-hybridized carbons (Fsp3) is 0.222. The molecular formula is C27H24F2N8O. The number of fused-ring (bicyclic) bond motifs is 4. The number of nitrogen functional groups attached to an aromatic ring is 1. The highest BCUT2D eigenvalue weighted by Gasteiger charge is 2.21. The van der Waals surface area contributed by atoms with Crippen LogP contribution in [0.3, 0.4) is 0 Å². The largest absolute Gasteiger partial charge is 0.453 e. The van der Waals surface area contributed by atoms with Crippen LogP contribution in [-0.4, -0.2) is 61.8 Å². The maximum atomic E-state index is 14.2. The van der Waals surface area contributed by atoms with Crippen LogP contribution >= 0.6 is 0 Å². The van der Waals surface area contributed by atoms with Crippen molar-refractivity contribution in [3.63, 3.8) is 0 Å². The minimum Gasteiger partial charge on any atom is -0.453 e. The molecule has 6 aromatic rings. The van der Waals surface area contributed by atoms with Crippen LogP contribution in [0.25, 0.3) is 39.2 Å². The SMILES string of the molecule is Nc1nc2c(ccn2CCN2CCN(c3ccc(F)cc3F)CC2)c2nc(-c3cc4ccccc4o3)nn12. The van der Waals surface area contributed by atoms with Gasteiger partial charge < -0.3 is 19.6 Å². The summed E-state index contributed by atoms with van der Waals surface area (Å²) >= 11 is 0. The van der Waals surface area contributed by atoms with Gasteiger partial charge in [-0.1, -0.05) is 18.2 Å². The van der Waals surface area contributed by atoms with Crippen molar-refractivity contribution in [3.8, 4) is 11.6 Å². The summed E-state index contributed by atoms with van der Waals surface area (Å²) in [4.78, 5) is 13.6. The Morgan fingerprint density at radius 2 is 1.74 bits per heavy atom. The van der Waals surface area contributed by atoms with Crippen LogP contribution in [0.2, 0.25) is 0 Å². The van der Waals surface area contributed by atoms with E-state index in [9.17, 15) is 8.78 Å². The molecular weight excluding hydrogens is 490 g/mol. The van der Waals surface area contributed by atoms with Gasteiger partial charge in [-0.3, -0.25) is 4.90 Å². The van der Waals surface area contributed by atoms with Crippen LogP contribution in [0.1, 0.15) is 0 Å². The first-order chi connectivity index (χ1) is 18.5. The first-order valence-corrected chi connectivity index (χ1v) is 12.5. The Labute approximate surface area is 215 Å². The summed E-state index contributed by atoms with van der Waals surface area (Å²) in [6, 6.07) is 15.4. The molecule has 0 amide bonds. The van der Waals surface area contributed by atoms with Gasteiger partial charge >= 0.3 is 0 Å². The molecule has 0 radical (unpaired) electrons. The van der Waals surface area contributed by atoms with Crippen LogP contribution in [0, 0.1) is 11.6 Å². The molecule has 7 rings (SSSR count). The molecule has 0 aliphatic carbocycles. The van der Waals surface area contributed by atoms with Gasteiger partial charge in [-0.05, 0) is 30.3 Å². The summed E-state index contributed by atoms with van der Waals surface area (Å²) in [5.74, 6) is 0.181. The minimum atomic E-state index is -0.563. The predicted octanol–water partition coefficient (Wildman–Crippen LogP) is 4.17. The molecule has 0 saturated carbocycles. The number of nitrogens with two attached hydrogens (primary N) is 1. The lowest BCUT2D eigenvalue weighted by molar-refractivity contribution is 0.248. The molecule has 0 spiro atoms. The van der Waals surface area contributed by atoms with Crippen molar-refractivity contribution in [1.29, 1.82) is 0 Å². The lowest BCUT2D eigenvalue weighted by Crippen LogP contribution is -2.47. The minimum absolute atomic E-state index is 0.247. The molecule has 192 valence electrons. The van der Waals surface area contributed by atoms with Crippen molar-refractivity contribution in [1.82, 2.24) is 29.0 Å². The lowest BCUT2D eigenvalue weighted by atomic mass is 10.2. The molecule has 1 aliphatic heterocycles. The van der Waals surface area contributed by atoms with E-state index in [0.29, 0.717) is 42.6 Å². The molecule has 5 heterocycles. The Balaban J connectivity index is 1.09. The number of para-hydroxylation sites is 1. The Bertz CT molecular complexity index is 1760. The number of hydrogen-bond donors (Lipinski definition) is 1. The number of rotatable bonds is 5. The normalized spacial score (nSPS) is 14.8. The Morgan fingerprint density at radius 1 is 0.895 bits per heavy atom. The lowest BCUT2D eigenvalue weighted by Gasteiger charge is -2.36. The number of anilines is 2. The topological polar surface area (TPSA) is 93.6 Å². The predicted molar refractivity (Wildman–Crippen MR) is 141 cm³/mol. The third-order valence-electron chi connectivity index (χ3n) is 7.15. The van der Waals surface area contributed by atoms with E-state index in [4.69, 9.17) is 15.1 Å². The van der Waals surface area contributed by atoms with Crippen molar-refractivity contribution in [2.75, 3.05) is 43.4 Å². The highest BCUT2D eigenvalue weighted by atomic mass is 19.1. The number of nitrogens with zero attached hydrogens (tertiary/aromatic N) is 7. The van der Waals surface area contributed by atoms with Crippen LogP contribution in [-0.2, 0) is 6.54 Å². The second-order valence-corrected chi connectivity index (χ2v) is 9.46. The van der Waals surface area contributed by atoms with E-state index in [0.717, 1.165) is 47.7 Å². The summed E-state index contributed by atoms with van der Waals surface area (Å²) in [5, 5.41) is 6.39. The van der Waals surface area contributed by atoms with Crippen molar-refractivity contribution in [2.45, 2.75) is 6.54 Å². The van der Waals surface area contributed by atoms with Gasteiger partial charge in [-0.15, -0.1) is 5.10 Å². The van der Waals surface area contributed by atoms with Crippen LogP contribution in [0.15, 0.2) is 65.2 Å². The van der Waals surface area contributed by atoms with E-state index in [1.54, 1.807) is 4.52 Å². The molecule has 1 aliphatic rings. The van der Waals surface area contributed by atoms with Crippen molar-refractivity contribution >= 4 is 39.3 Å². The fourth-order valence-electron chi connectivity index (χ4n) is 5.14. The maximum absolute atomic E-state index is 14.2. The van der Waals surface area contributed by atoms with E-state index >= 15 is 0 Å². The summed E-state index contributed by atoms with van der Waals surface area (Å²) in [5.41, 5.74) is 8.86. The molecule has 38 heavy (non-hydrogen) atoms. The van der Waals surface area contributed by atoms with Gasteiger partial charge in [0.1, 0.15) is 22.9 Å². The van der Waals surface area contributed by atoms with Gasteiger partial charge in [0, 0.05) is 56.9 Å². The standard InChI is InChI=1S/C27H24F2N8O/c28-18-5-6-21(20(29)16-18)35-12-9-34(10-13-35)11-14-36-8-7-19-25(36)32-27(30)37-26(19)31-24(33-37)23-15-17-3-1-2-4-22(17)38-23/h1-8,15-16H,9-14H2,(H2,30,32). The van der Waals surface area contributed by atoms with Crippen molar-refractivity contribution in [3.05, 3.63) is 72.4 Å². The highest BCUT2D eigenvalue weighted by Crippen LogP contribution is 2.28. The van der Waals surface area contributed by atoms with Crippen molar-refractivity contribution < 1.29 is 13.2 Å². The van der Waals surface area contributed by atoms with Crippen LogP contribution < -0.4 is 10.6 Å². The van der Waals surface area contributed by atoms with E-state index in [-0.39, 0.29) is 5.95 Å². The quantitative estimate of drug-likeness (QED) is 0.369. The average molecular weight is 515 g/mol. The number of benzene rings is 2. The molecule has 4 aromatic heterocycles. The van der Waals surface area contributed by atoms with Gasteiger partial charge in [-0.25, -0.2) is 13.8 Å². The fourth-order valence-corrected chi connectivity index (χ4v) is 5.14. The van der Waals surface area contributed by atoms with Gasteiger partial charge in [0.15, 0.2) is 11.4 Å². The zero-order valence-corrected chi connectivity index (χ0v) is 20.4. The third-order valence-corrected chi connectivity index (χ3v) is 7.15. The molecule has 11 heteroatoms. The van der Waals surface area contributed by atoms with Crippen molar-refractivity contribution in [2.24, 2.45) is 0 Å². The Hall–Kier alpha value is -4.51. The number of furan rings is 1. The smallest absolute Gasteiger partial charge is 0.225 e. The van der Waals surface area contributed by atoms with E-state index in [1.165, 1.54) is 12.1 Å². The van der Waals surface area contributed by atoms with Crippen LogP contribution in [0.5, 0.6) is 0 Å². The van der Waals surface area contributed by atoms with Crippen LogP contribution in [0.4, 0.5) is 20.4 Å². The Morgan fingerprint density at radius 3 is 2.55 bits per heavy atom. The number of halogens is 2. The maximum Gasteiger partial charge on any atom is 0.225 e. The molecule has 0 unspecified atom stereocenters. The molecule has 1 fully saturated rings. The average Bonchev–Trinajstić information content (AvgIpc) is 3.64. The second-order valence-electron chi connectivity index (χ2n) is 9.46. The number of hydrogen-bond acceptors (Lipinski definition) is 7. The van der Waals surface area contributed by atoms with E-state index < -0.39 is 11.6 Å². The monoisotopic (exact) mass is 514 g/mol. The highest BCUT2D eigenvalue weighted by molar-refractivity contribution is 5.91. The first kappa shape index (κ1) is 22.7. The van der Waals surface area contributed by atoms with Gasteiger partial charge in [0.25, 0.3) is 0 Å². The number of piperazine rings is 1. The molecule has 0 atom stereocenters. The third kappa shape index (κ3) is 3.82. The summed E-state index contributed by atoms with van der Waals surface area (Å²) in [7, 11) is 0. The molecule has 1 saturated heterocycles. The zero-order valence-electron chi connectivity index (χ0n) is 20.4. The Kier molecular flexibility index (Phi) is 5.25. The zero-order chi connectivity index (χ0) is 25.8. The van der Waals surface area contributed by atoms with Gasteiger partial charge in [0.2, 0.25) is 11.8 Å². The second kappa shape index (κ2) is 8.80. The number of aromatic nitrogens is 5. The van der Waals surface area contributed by atoms with E-state index in [1.807, 2.05) is 47.5 Å². The molecule has 9 nitrogen and oxygen atoms in total. The summed E-state index contributed by atoms with van der Waals surface area (Å²) < 4.78 is 37.0. The van der Waals surface area contributed by atoms with E-state index in [2.05, 4.69) is 19.5 Å². The molecule has 2 N–H and O–H groups in total. The molecule has 0 bridgehead atoms. The first-order valence-electron chi connectivity index (χ1n) is 12.5. The van der Waals surface area contributed by atoms with Gasteiger partial charge in [0.05, 0.1) is 11.1 Å².